The molecule has 1 N–H and O–H groups in total. The summed E-state index contributed by atoms with van der Waals surface area (Å²) in [5, 5.41) is 2.57. The lowest BCUT2D eigenvalue weighted by molar-refractivity contribution is -0.122. The number of ketones is 1. The van der Waals surface area contributed by atoms with Crippen molar-refractivity contribution in [1.82, 2.24) is 5.32 Å². The van der Waals surface area contributed by atoms with Crippen molar-refractivity contribution in [3.63, 3.8) is 0 Å². The summed E-state index contributed by atoms with van der Waals surface area (Å²) < 4.78 is 0. The minimum atomic E-state index is -0.00838. The van der Waals surface area contributed by atoms with E-state index < -0.39 is 0 Å². The van der Waals surface area contributed by atoms with Gasteiger partial charge in [0, 0.05) is 12.8 Å². The van der Waals surface area contributed by atoms with Crippen LogP contribution in [0.5, 0.6) is 0 Å². The van der Waals surface area contributed by atoms with Crippen LogP contribution in [-0.4, -0.2) is 24.5 Å². The summed E-state index contributed by atoms with van der Waals surface area (Å²) in [5.41, 5.74) is 0. The smallest absolute Gasteiger partial charge is 0.220 e. The molecule has 0 rings (SSSR count). The third-order valence-electron chi connectivity index (χ3n) is 4.57. The molecule has 0 heterocycles. The zero-order chi connectivity index (χ0) is 18.6. The van der Waals surface area contributed by atoms with Gasteiger partial charge in [0.1, 0.15) is 12.1 Å². The van der Waals surface area contributed by atoms with Gasteiger partial charge >= 0.3 is 0 Å². The van der Waals surface area contributed by atoms with Gasteiger partial charge in [-0.25, -0.2) is 0 Å². The first-order valence-electron chi connectivity index (χ1n) is 10.4. The number of carbonyl (C=O) groups excluding carboxylic acids is 3. The summed E-state index contributed by atoms with van der Waals surface area (Å²) in [7, 11) is 0. The van der Waals surface area contributed by atoms with Gasteiger partial charge in [-0.2, -0.15) is 0 Å². The van der Waals surface area contributed by atoms with E-state index >= 15 is 0 Å². The third-order valence-corrected chi connectivity index (χ3v) is 4.57. The van der Waals surface area contributed by atoms with Gasteiger partial charge in [0.05, 0.1) is 6.54 Å². The van der Waals surface area contributed by atoms with Crippen molar-refractivity contribution in [2.75, 3.05) is 6.54 Å². The predicted octanol–water partition coefficient (Wildman–Crippen LogP) is 5.13. The highest BCUT2D eigenvalue weighted by Crippen LogP contribution is 2.13. The molecule has 0 saturated heterocycles. The van der Waals surface area contributed by atoms with Crippen LogP contribution in [0.4, 0.5) is 0 Å². The van der Waals surface area contributed by atoms with Gasteiger partial charge in [0.2, 0.25) is 5.91 Å². The average Bonchev–Trinajstić information content (AvgIpc) is 2.59. The molecule has 0 aliphatic carbocycles. The molecule has 0 radical (unpaired) electrons. The number of aldehydes is 1. The van der Waals surface area contributed by atoms with E-state index in [1.165, 1.54) is 70.6 Å². The highest BCUT2D eigenvalue weighted by Gasteiger charge is 1.99. The van der Waals surface area contributed by atoms with Gasteiger partial charge in [0.25, 0.3) is 0 Å². The molecule has 0 unspecified atom stereocenters. The van der Waals surface area contributed by atoms with Gasteiger partial charge in [-0.3, -0.25) is 4.79 Å². The number of hydrogen-bond acceptors (Lipinski definition) is 3. The molecule has 0 aromatic carbocycles. The maximum atomic E-state index is 11.3. The highest BCUT2D eigenvalue weighted by molar-refractivity contribution is 5.78. The summed E-state index contributed by atoms with van der Waals surface area (Å²) in [5.74, 6) is 0.311. The molecular weight excluding hydrogens is 314 g/mol. The topological polar surface area (TPSA) is 63.2 Å². The van der Waals surface area contributed by atoms with E-state index in [4.69, 9.17) is 0 Å². The Morgan fingerprint density at radius 2 is 1.00 bits per heavy atom. The molecule has 0 bridgehead atoms. The summed E-state index contributed by atoms with van der Waals surface area (Å²) in [6.45, 7) is 1.81. The second-order valence-corrected chi connectivity index (χ2v) is 7.12. The van der Waals surface area contributed by atoms with Crippen LogP contribution in [0.25, 0.3) is 0 Å². The van der Waals surface area contributed by atoms with Crippen molar-refractivity contribution in [1.29, 1.82) is 0 Å². The molecule has 0 fully saturated rings. The van der Waals surface area contributed by atoms with Crippen LogP contribution in [0.3, 0.4) is 0 Å². The van der Waals surface area contributed by atoms with Crippen molar-refractivity contribution in [3.8, 4) is 0 Å². The molecule has 0 spiro atoms. The van der Waals surface area contributed by atoms with Gasteiger partial charge in [-0.05, 0) is 19.8 Å². The zero-order valence-electron chi connectivity index (χ0n) is 16.3. The van der Waals surface area contributed by atoms with Gasteiger partial charge in [0.15, 0.2) is 0 Å². The first kappa shape index (κ1) is 23.8. The number of hydrogen-bond donors (Lipinski definition) is 1. The Labute approximate surface area is 154 Å². The van der Waals surface area contributed by atoms with E-state index in [-0.39, 0.29) is 12.5 Å². The summed E-state index contributed by atoms with van der Waals surface area (Å²) in [6, 6.07) is 0. The van der Waals surface area contributed by atoms with Crippen LogP contribution in [-0.2, 0) is 14.4 Å². The molecule has 0 aliphatic rings. The summed E-state index contributed by atoms with van der Waals surface area (Å²) >= 11 is 0. The Hall–Kier alpha value is -1.19. The Morgan fingerprint density at radius 1 is 0.640 bits per heavy atom. The van der Waals surface area contributed by atoms with E-state index in [2.05, 4.69) is 5.32 Å². The Morgan fingerprint density at radius 3 is 1.36 bits per heavy atom. The zero-order valence-corrected chi connectivity index (χ0v) is 16.3. The van der Waals surface area contributed by atoms with Crippen LogP contribution in [0.2, 0.25) is 0 Å². The van der Waals surface area contributed by atoms with Crippen LogP contribution in [0.15, 0.2) is 0 Å². The molecule has 0 aliphatic heterocycles. The number of rotatable bonds is 19. The maximum absolute atomic E-state index is 11.3. The van der Waals surface area contributed by atoms with Gasteiger partial charge in [-0.1, -0.05) is 77.0 Å². The number of nitrogens with one attached hydrogen (secondary N) is 1. The molecular formula is C21H39NO3. The highest BCUT2D eigenvalue weighted by atomic mass is 16.2. The number of unbranched alkanes of at least 4 members (excludes halogenated alkanes) is 13. The monoisotopic (exact) mass is 353 g/mol. The minimum Gasteiger partial charge on any atom is -0.349 e. The molecule has 4 heteroatoms. The van der Waals surface area contributed by atoms with Gasteiger partial charge in [-0.15, -0.1) is 0 Å². The standard InChI is InChI=1S/C21H39NO3/c1-20(24)16-14-12-10-8-6-4-2-3-5-7-9-11-13-15-17-21(25)22-18-19-23/h19H,2-18H2,1H3,(H,22,25). The summed E-state index contributed by atoms with van der Waals surface area (Å²) in [6.07, 6.45) is 19.4. The first-order chi connectivity index (χ1) is 12.2. The molecule has 25 heavy (non-hydrogen) atoms. The molecule has 4 nitrogen and oxygen atoms in total. The fourth-order valence-electron chi connectivity index (χ4n) is 3.02. The van der Waals surface area contributed by atoms with E-state index in [1.807, 2.05) is 0 Å². The molecule has 0 aromatic heterocycles. The van der Waals surface area contributed by atoms with Crippen molar-refractivity contribution in [2.45, 2.75) is 110 Å². The van der Waals surface area contributed by atoms with Crippen LogP contribution in [0, 0.1) is 0 Å². The molecule has 0 atom stereocenters. The second kappa shape index (κ2) is 19.1. The largest absolute Gasteiger partial charge is 0.349 e. The van der Waals surface area contributed by atoms with Crippen molar-refractivity contribution >= 4 is 18.0 Å². The molecule has 0 saturated carbocycles. The van der Waals surface area contributed by atoms with E-state index in [0.29, 0.717) is 18.5 Å². The maximum Gasteiger partial charge on any atom is 0.220 e. The lowest BCUT2D eigenvalue weighted by Gasteiger charge is -2.04. The van der Waals surface area contributed by atoms with Gasteiger partial charge < -0.3 is 14.9 Å². The van der Waals surface area contributed by atoms with Crippen molar-refractivity contribution in [3.05, 3.63) is 0 Å². The van der Waals surface area contributed by atoms with E-state index in [0.717, 1.165) is 25.7 Å². The van der Waals surface area contributed by atoms with E-state index in [1.54, 1.807) is 6.92 Å². The predicted molar refractivity (Wildman–Crippen MR) is 104 cm³/mol. The molecule has 146 valence electrons. The fraction of sp³-hybridized carbons (Fsp3) is 0.857. The Kier molecular flexibility index (Phi) is 18.2. The first-order valence-corrected chi connectivity index (χ1v) is 10.4. The molecule has 0 aromatic rings. The lowest BCUT2D eigenvalue weighted by atomic mass is 10.0. The number of amides is 1. The van der Waals surface area contributed by atoms with Crippen LogP contribution in [0.1, 0.15) is 110 Å². The van der Waals surface area contributed by atoms with Crippen LogP contribution >= 0.6 is 0 Å². The Bertz CT molecular complexity index is 342. The Balaban J connectivity index is 3.08. The lowest BCUT2D eigenvalue weighted by Crippen LogP contribution is -2.24. The number of Topliss-reactive ketones (excluding diaryl/α,β-unsaturated/α-hetero) is 1. The average molecular weight is 354 g/mol. The van der Waals surface area contributed by atoms with Crippen molar-refractivity contribution < 1.29 is 14.4 Å². The third kappa shape index (κ3) is 20.8. The van der Waals surface area contributed by atoms with Crippen LogP contribution < -0.4 is 5.32 Å². The normalized spacial score (nSPS) is 10.6. The summed E-state index contributed by atoms with van der Waals surface area (Å²) in [4.78, 5) is 32.2. The fourth-order valence-corrected chi connectivity index (χ4v) is 3.02. The number of carbonyl (C=O) groups is 3. The quantitative estimate of drug-likeness (QED) is 0.258. The SMILES string of the molecule is CC(=O)CCCCCCCCCCCCCCCCC(=O)NCC=O. The second-order valence-electron chi connectivity index (χ2n) is 7.12. The minimum absolute atomic E-state index is 0.00838. The van der Waals surface area contributed by atoms with Crippen molar-refractivity contribution in [2.24, 2.45) is 0 Å². The molecule has 1 amide bonds. The van der Waals surface area contributed by atoms with E-state index in [9.17, 15) is 14.4 Å².